The van der Waals surface area contributed by atoms with Crippen molar-refractivity contribution in [2.45, 2.75) is 6.42 Å². The van der Waals surface area contributed by atoms with E-state index in [4.69, 9.17) is 4.74 Å². The van der Waals surface area contributed by atoms with Crippen LogP contribution in [0.15, 0.2) is 30.9 Å². The van der Waals surface area contributed by atoms with Gasteiger partial charge >= 0.3 is 0 Å². The van der Waals surface area contributed by atoms with Gasteiger partial charge in [0.05, 0.1) is 18.5 Å². The summed E-state index contributed by atoms with van der Waals surface area (Å²) in [5.41, 5.74) is 1.52. The fourth-order valence-electron chi connectivity index (χ4n) is 2.24. The van der Waals surface area contributed by atoms with Crippen molar-refractivity contribution in [3.8, 4) is 11.4 Å². The predicted molar refractivity (Wildman–Crippen MR) is 84.8 cm³/mol. The van der Waals surface area contributed by atoms with Crippen LogP contribution in [0.2, 0.25) is 0 Å². The van der Waals surface area contributed by atoms with Crippen LogP contribution in [0, 0.1) is 5.92 Å². The Hall–Kier alpha value is -2.12. The van der Waals surface area contributed by atoms with Crippen molar-refractivity contribution in [2.75, 3.05) is 25.5 Å². The van der Waals surface area contributed by atoms with Crippen molar-refractivity contribution >= 4 is 24.0 Å². The molecule has 1 aliphatic rings. The zero-order chi connectivity index (χ0) is 14.7. The van der Waals surface area contributed by atoms with Crippen molar-refractivity contribution in [3.05, 3.63) is 30.9 Å². The van der Waals surface area contributed by atoms with Gasteiger partial charge in [-0.3, -0.25) is 9.36 Å². The lowest BCUT2D eigenvalue weighted by Crippen LogP contribution is -2.43. The molecule has 2 aromatic rings. The number of amides is 1. The molecule has 0 bridgehead atoms. The summed E-state index contributed by atoms with van der Waals surface area (Å²) in [6.07, 6.45) is 3.73. The van der Waals surface area contributed by atoms with Crippen LogP contribution in [0.1, 0.15) is 6.42 Å². The average molecular weight is 324 g/mol. The lowest BCUT2D eigenvalue weighted by Gasteiger charge is -2.26. The van der Waals surface area contributed by atoms with Gasteiger partial charge in [-0.1, -0.05) is 0 Å². The maximum Gasteiger partial charge on any atom is 0.224 e. The summed E-state index contributed by atoms with van der Waals surface area (Å²) in [6.45, 7) is 1.82. The monoisotopic (exact) mass is 323 g/mol. The first-order valence-electron chi connectivity index (χ1n) is 6.80. The van der Waals surface area contributed by atoms with Gasteiger partial charge in [0.25, 0.3) is 0 Å². The van der Waals surface area contributed by atoms with E-state index in [1.807, 2.05) is 18.2 Å². The van der Waals surface area contributed by atoms with Crippen LogP contribution in [0.5, 0.6) is 5.75 Å². The molecule has 8 heteroatoms. The number of anilines is 1. The van der Waals surface area contributed by atoms with Crippen LogP contribution in [-0.2, 0) is 4.79 Å². The smallest absolute Gasteiger partial charge is 0.224 e. The SMILES string of the molecule is COc1ccc(-n2cnnc2)cc1NC(=O)CC1CNC1.Cl. The standard InChI is InChI=1S/C14H17N5O2.ClH/c1-21-13-3-2-11(19-8-16-17-9-19)5-12(13)18-14(20)4-10-6-15-7-10;/h2-3,5,8-10,15H,4,6-7H2,1H3,(H,18,20);1H. The summed E-state index contributed by atoms with van der Waals surface area (Å²) in [7, 11) is 1.58. The highest BCUT2D eigenvalue weighted by Gasteiger charge is 2.20. The molecule has 0 spiro atoms. The van der Waals surface area contributed by atoms with Crippen LogP contribution in [0.25, 0.3) is 5.69 Å². The molecule has 118 valence electrons. The van der Waals surface area contributed by atoms with Crippen LogP contribution < -0.4 is 15.4 Å². The minimum absolute atomic E-state index is 0. The number of hydrogen-bond acceptors (Lipinski definition) is 5. The van der Waals surface area contributed by atoms with E-state index in [0.29, 0.717) is 23.8 Å². The second-order valence-electron chi connectivity index (χ2n) is 5.03. The number of carbonyl (C=O) groups excluding carboxylic acids is 1. The molecule has 1 aromatic carbocycles. The summed E-state index contributed by atoms with van der Waals surface area (Å²) in [6, 6.07) is 5.54. The quantitative estimate of drug-likeness (QED) is 0.865. The normalized spacial score (nSPS) is 13.9. The summed E-state index contributed by atoms with van der Waals surface area (Å²) < 4.78 is 7.07. The molecule has 3 rings (SSSR count). The maximum absolute atomic E-state index is 12.1. The van der Waals surface area contributed by atoms with E-state index in [0.717, 1.165) is 18.8 Å². The molecule has 1 aliphatic heterocycles. The first-order chi connectivity index (χ1) is 10.3. The molecule has 0 aliphatic carbocycles. The Labute approximate surface area is 134 Å². The molecule has 1 fully saturated rings. The summed E-state index contributed by atoms with van der Waals surface area (Å²) in [5, 5.41) is 13.6. The Morgan fingerprint density at radius 2 is 2.14 bits per heavy atom. The number of carbonyl (C=O) groups is 1. The van der Waals surface area contributed by atoms with Crippen molar-refractivity contribution in [1.82, 2.24) is 20.1 Å². The number of nitrogens with one attached hydrogen (secondary N) is 2. The Balaban J connectivity index is 0.00000176. The lowest BCUT2D eigenvalue weighted by molar-refractivity contribution is -0.117. The average Bonchev–Trinajstić information content (AvgIpc) is 2.97. The number of halogens is 1. The first kappa shape index (κ1) is 16.3. The molecule has 0 radical (unpaired) electrons. The molecule has 0 saturated carbocycles. The van der Waals surface area contributed by atoms with Crippen molar-refractivity contribution < 1.29 is 9.53 Å². The Morgan fingerprint density at radius 3 is 2.73 bits per heavy atom. The molecule has 2 heterocycles. The molecular weight excluding hydrogens is 306 g/mol. The van der Waals surface area contributed by atoms with E-state index in [1.165, 1.54) is 0 Å². The van der Waals surface area contributed by atoms with Gasteiger partial charge in [0, 0.05) is 6.42 Å². The number of benzene rings is 1. The number of hydrogen-bond donors (Lipinski definition) is 2. The predicted octanol–water partition coefficient (Wildman–Crippen LogP) is 1.25. The zero-order valence-corrected chi connectivity index (χ0v) is 13.0. The number of nitrogens with zero attached hydrogens (tertiary/aromatic N) is 3. The molecule has 2 N–H and O–H groups in total. The van der Waals surface area contributed by atoms with Crippen molar-refractivity contribution in [3.63, 3.8) is 0 Å². The second kappa shape index (κ2) is 7.24. The van der Waals surface area contributed by atoms with E-state index in [1.54, 1.807) is 24.3 Å². The minimum Gasteiger partial charge on any atom is -0.495 e. The summed E-state index contributed by atoms with van der Waals surface area (Å²) in [4.78, 5) is 12.1. The Bertz CT molecular complexity index is 628. The molecule has 0 atom stereocenters. The molecule has 1 amide bonds. The van der Waals surface area contributed by atoms with Gasteiger partial charge in [-0.05, 0) is 37.2 Å². The first-order valence-corrected chi connectivity index (χ1v) is 6.80. The van der Waals surface area contributed by atoms with Gasteiger partial charge in [0.2, 0.25) is 5.91 Å². The van der Waals surface area contributed by atoms with Crippen molar-refractivity contribution in [2.24, 2.45) is 5.92 Å². The van der Waals surface area contributed by atoms with Gasteiger partial charge in [-0.15, -0.1) is 22.6 Å². The summed E-state index contributed by atoms with van der Waals surface area (Å²) in [5.74, 6) is 1.06. The fourth-order valence-corrected chi connectivity index (χ4v) is 2.24. The zero-order valence-electron chi connectivity index (χ0n) is 12.2. The molecule has 7 nitrogen and oxygen atoms in total. The number of rotatable bonds is 5. The van der Waals surface area contributed by atoms with E-state index >= 15 is 0 Å². The molecule has 22 heavy (non-hydrogen) atoms. The van der Waals surface area contributed by atoms with Crippen molar-refractivity contribution in [1.29, 1.82) is 0 Å². The van der Waals surface area contributed by atoms with E-state index in [2.05, 4.69) is 20.8 Å². The third-order valence-electron chi connectivity index (χ3n) is 3.51. The lowest BCUT2D eigenvalue weighted by atomic mass is 9.99. The number of methoxy groups -OCH3 is 1. The van der Waals surface area contributed by atoms with Crippen LogP contribution in [0.4, 0.5) is 5.69 Å². The van der Waals surface area contributed by atoms with E-state index in [9.17, 15) is 4.79 Å². The van der Waals surface area contributed by atoms with Gasteiger partial charge in [-0.2, -0.15) is 0 Å². The second-order valence-corrected chi connectivity index (χ2v) is 5.03. The van der Waals surface area contributed by atoms with Gasteiger partial charge < -0.3 is 15.4 Å². The summed E-state index contributed by atoms with van der Waals surface area (Å²) >= 11 is 0. The van der Waals surface area contributed by atoms with Gasteiger partial charge in [-0.25, -0.2) is 0 Å². The molecule has 0 unspecified atom stereocenters. The fraction of sp³-hybridized carbons (Fsp3) is 0.357. The third-order valence-corrected chi connectivity index (χ3v) is 3.51. The Morgan fingerprint density at radius 1 is 1.41 bits per heavy atom. The van der Waals surface area contributed by atoms with E-state index in [-0.39, 0.29) is 18.3 Å². The molecule has 1 saturated heterocycles. The Kier molecular flexibility index (Phi) is 5.35. The maximum atomic E-state index is 12.1. The van der Waals surface area contributed by atoms with Gasteiger partial charge in [0.15, 0.2) is 0 Å². The number of ether oxygens (including phenoxy) is 1. The third kappa shape index (κ3) is 3.55. The molecule has 1 aromatic heterocycles. The largest absolute Gasteiger partial charge is 0.495 e. The highest BCUT2D eigenvalue weighted by Crippen LogP contribution is 2.27. The highest BCUT2D eigenvalue weighted by molar-refractivity contribution is 5.92. The van der Waals surface area contributed by atoms with Crippen LogP contribution in [0.3, 0.4) is 0 Å². The topological polar surface area (TPSA) is 81.1 Å². The number of aromatic nitrogens is 3. The highest BCUT2D eigenvalue weighted by atomic mass is 35.5. The van der Waals surface area contributed by atoms with Crippen LogP contribution in [-0.4, -0.2) is 40.9 Å². The molecular formula is C14H18ClN5O2. The van der Waals surface area contributed by atoms with E-state index < -0.39 is 0 Å². The van der Waals surface area contributed by atoms with Gasteiger partial charge in [0.1, 0.15) is 18.4 Å². The van der Waals surface area contributed by atoms with Crippen LogP contribution >= 0.6 is 12.4 Å². The minimum atomic E-state index is 0.